The number of nitrogens with zero attached hydrogens (tertiary/aromatic N) is 3. The molecular formula is C20H24N4. The third-order valence-corrected chi connectivity index (χ3v) is 5.06. The van der Waals surface area contributed by atoms with E-state index >= 15 is 0 Å². The number of benzene rings is 1. The molecule has 0 atom stereocenters. The Morgan fingerprint density at radius 1 is 1.17 bits per heavy atom. The molecule has 0 saturated carbocycles. The molecule has 0 fully saturated rings. The van der Waals surface area contributed by atoms with Crippen LogP contribution in [0.5, 0.6) is 0 Å². The van der Waals surface area contributed by atoms with Gasteiger partial charge >= 0.3 is 0 Å². The van der Waals surface area contributed by atoms with Crippen molar-refractivity contribution in [3.8, 4) is 0 Å². The van der Waals surface area contributed by atoms with Crippen LogP contribution in [-0.2, 0) is 32.4 Å². The number of hydrogen-bond acceptors (Lipinski definition) is 3. The summed E-state index contributed by atoms with van der Waals surface area (Å²) in [5.74, 6) is 0.834. The van der Waals surface area contributed by atoms with Crippen LogP contribution in [0.4, 0.5) is 0 Å². The molecule has 24 heavy (non-hydrogen) atoms. The van der Waals surface area contributed by atoms with Crippen LogP contribution in [-0.4, -0.2) is 21.1 Å². The summed E-state index contributed by atoms with van der Waals surface area (Å²) in [5.41, 5.74) is 6.99. The Bertz CT molecular complexity index is 861. The van der Waals surface area contributed by atoms with E-state index in [-0.39, 0.29) is 0 Å². The Kier molecular flexibility index (Phi) is 4.07. The molecule has 0 spiro atoms. The van der Waals surface area contributed by atoms with Gasteiger partial charge in [0.05, 0.1) is 0 Å². The third-order valence-electron chi connectivity index (χ3n) is 5.06. The largest absolute Gasteiger partial charge is 0.344 e. The molecule has 3 heterocycles. The molecular weight excluding hydrogens is 296 g/mol. The first kappa shape index (κ1) is 15.3. The molecule has 4 heteroatoms. The zero-order valence-corrected chi connectivity index (χ0v) is 14.5. The minimum Gasteiger partial charge on any atom is -0.344 e. The number of nitrogens with one attached hydrogen (secondary N) is 1. The zero-order valence-electron chi connectivity index (χ0n) is 14.5. The molecule has 1 aliphatic heterocycles. The summed E-state index contributed by atoms with van der Waals surface area (Å²) in [6.45, 7) is 7.19. The number of fused-ring (bicyclic) bond motifs is 3. The lowest BCUT2D eigenvalue weighted by molar-refractivity contribution is 0.594. The highest BCUT2D eigenvalue weighted by Gasteiger charge is 2.19. The average molecular weight is 320 g/mol. The lowest BCUT2D eigenvalue weighted by Crippen LogP contribution is -2.24. The molecule has 124 valence electrons. The van der Waals surface area contributed by atoms with Gasteiger partial charge in [0.15, 0.2) is 0 Å². The second-order valence-electron chi connectivity index (χ2n) is 6.60. The van der Waals surface area contributed by atoms with Gasteiger partial charge in [-0.3, -0.25) is 0 Å². The highest BCUT2D eigenvalue weighted by atomic mass is 15.0. The minimum absolute atomic E-state index is 0.834. The fourth-order valence-electron chi connectivity index (χ4n) is 3.69. The molecule has 1 aromatic carbocycles. The molecule has 0 amide bonds. The monoisotopic (exact) mass is 320 g/mol. The van der Waals surface area contributed by atoms with E-state index in [1.54, 1.807) is 0 Å². The van der Waals surface area contributed by atoms with Gasteiger partial charge in [-0.2, -0.15) is 0 Å². The van der Waals surface area contributed by atoms with E-state index < -0.39 is 0 Å². The van der Waals surface area contributed by atoms with Crippen molar-refractivity contribution < 1.29 is 0 Å². The Balaban J connectivity index is 1.72. The van der Waals surface area contributed by atoms with Crippen LogP contribution in [0.3, 0.4) is 0 Å². The van der Waals surface area contributed by atoms with Crippen LogP contribution in [0, 0.1) is 6.92 Å². The van der Waals surface area contributed by atoms with E-state index in [0.29, 0.717) is 0 Å². The maximum atomic E-state index is 4.32. The van der Waals surface area contributed by atoms with Gasteiger partial charge in [-0.05, 0) is 48.6 Å². The van der Waals surface area contributed by atoms with Crippen LogP contribution in [0.1, 0.15) is 35.1 Å². The van der Waals surface area contributed by atoms with Gasteiger partial charge in [0.1, 0.15) is 5.82 Å². The van der Waals surface area contributed by atoms with Crippen molar-refractivity contribution in [3.63, 3.8) is 0 Å². The summed E-state index contributed by atoms with van der Waals surface area (Å²) >= 11 is 0. The van der Waals surface area contributed by atoms with Crippen LogP contribution in [0.25, 0.3) is 10.9 Å². The third kappa shape index (κ3) is 2.71. The van der Waals surface area contributed by atoms with Crippen LogP contribution in [0.15, 0.2) is 30.6 Å². The lowest BCUT2D eigenvalue weighted by Gasteiger charge is -2.17. The van der Waals surface area contributed by atoms with Gasteiger partial charge in [0.25, 0.3) is 0 Å². The van der Waals surface area contributed by atoms with Gasteiger partial charge in [-0.15, -0.1) is 0 Å². The molecule has 4 rings (SSSR count). The molecule has 0 bridgehead atoms. The SMILES string of the molecule is CCc1ccc2c(c1)c1c(n2CCc2cnc(C)nc2)CCNC1. The highest BCUT2D eigenvalue weighted by molar-refractivity contribution is 5.86. The summed E-state index contributed by atoms with van der Waals surface area (Å²) in [5, 5.41) is 4.96. The van der Waals surface area contributed by atoms with Crippen LogP contribution >= 0.6 is 0 Å². The molecule has 3 aromatic rings. The first-order valence-electron chi connectivity index (χ1n) is 8.87. The molecule has 2 aromatic heterocycles. The van der Waals surface area contributed by atoms with Crippen molar-refractivity contribution in [2.45, 2.75) is 46.2 Å². The lowest BCUT2D eigenvalue weighted by atomic mass is 10.0. The maximum absolute atomic E-state index is 4.32. The summed E-state index contributed by atoms with van der Waals surface area (Å²) in [4.78, 5) is 8.64. The number of aromatic nitrogens is 3. The summed E-state index contributed by atoms with van der Waals surface area (Å²) in [6.07, 6.45) is 7.08. The fourth-order valence-corrected chi connectivity index (χ4v) is 3.69. The standard InChI is InChI=1S/C20H24N4/c1-3-15-4-5-19-17(10-15)18-13-21-8-6-20(18)24(19)9-7-16-11-22-14(2)23-12-16/h4-5,10-12,21H,3,6-9,13H2,1-2H3. The van der Waals surface area contributed by atoms with Gasteiger partial charge in [0, 0.05) is 55.0 Å². The number of aryl methyl sites for hydroxylation is 4. The quantitative estimate of drug-likeness (QED) is 0.803. The summed E-state index contributed by atoms with van der Waals surface area (Å²) < 4.78 is 2.52. The Morgan fingerprint density at radius 3 is 2.79 bits per heavy atom. The van der Waals surface area contributed by atoms with Crippen molar-refractivity contribution in [2.24, 2.45) is 0 Å². The Labute approximate surface area is 142 Å². The van der Waals surface area contributed by atoms with Gasteiger partial charge < -0.3 is 9.88 Å². The molecule has 0 radical (unpaired) electrons. The number of hydrogen-bond donors (Lipinski definition) is 1. The molecule has 0 aliphatic carbocycles. The van der Waals surface area contributed by atoms with Gasteiger partial charge in [0.2, 0.25) is 0 Å². The average Bonchev–Trinajstić information content (AvgIpc) is 2.94. The topological polar surface area (TPSA) is 42.7 Å². The fraction of sp³-hybridized carbons (Fsp3) is 0.400. The maximum Gasteiger partial charge on any atom is 0.125 e. The Hall–Kier alpha value is -2.20. The van der Waals surface area contributed by atoms with Crippen LogP contribution in [0.2, 0.25) is 0 Å². The minimum atomic E-state index is 0.834. The predicted molar refractivity (Wildman–Crippen MR) is 97.2 cm³/mol. The second kappa shape index (κ2) is 6.36. The van der Waals surface area contributed by atoms with Crippen molar-refractivity contribution in [1.82, 2.24) is 19.9 Å². The molecule has 4 nitrogen and oxygen atoms in total. The van der Waals surface area contributed by atoms with E-state index in [2.05, 4.69) is 45.0 Å². The zero-order chi connectivity index (χ0) is 16.5. The summed E-state index contributed by atoms with van der Waals surface area (Å²) in [6, 6.07) is 6.96. The Morgan fingerprint density at radius 2 is 2.00 bits per heavy atom. The molecule has 0 unspecified atom stereocenters. The first-order valence-corrected chi connectivity index (χ1v) is 8.87. The smallest absolute Gasteiger partial charge is 0.125 e. The van der Waals surface area contributed by atoms with E-state index in [4.69, 9.17) is 0 Å². The van der Waals surface area contributed by atoms with E-state index in [1.165, 1.54) is 33.3 Å². The van der Waals surface area contributed by atoms with E-state index in [9.17, 15) is 0 Å². The van der Waals surface area contributed by atoms with Gasteiger partial charge in [-0.1, -0.05) is 13.0 Å². The van der Waals surface area contributed by atoms with Crippen molar-refractivity contribution in [2.75, 3.05) is 6.54 Å². The molecule has 0 saturated heterocycles. The van der Waals surface area contributed by atoms with Crippen molar-refractivity contribution >= 4 is 10.9 Å². The molecule has 1 aliphatic rings. The van der Waals surface area contributed by atoms with E-state index in [1.807, 2.05) is 19.3 Å². The first-order chi connectivity index (χ1) is 11.8. The van der Waals surface area contributed by atoms with E-state index in [0.717, 1.165) is 44.7 Å². The predicted octanol–water partition coefficient (Wildman–Crippen LogP) is 3.19. The van der Waals surface area contributed by atoms with Crippen LogP contribution < -0.4 is 5.32 Å². The van der Waals surface area contributed by atoms with Crippen molar-refractivity contribution in [3.05, 3.63) is 58.8 Å². The summed E-state index contributed by atoms with van der Waals surface area (Å²) in [7, 11) is 0. The van der Waals surface area contributed by atoms with Crippen molar-refractivity contribution in [1.29, 1.82) is 0 Å². The second-order valence-corrected chi connectivity index (χ2v) is 6.60. The highest BCUT2D eigenvalue weighted by Crippen LogP contribution is 2.30. The van der Waals surface area contributed by atoms with Gasteiger partial charge in [-0.25, -0.2) is 9.97 Å². The normalized spacial score (nSPS) is 14.1. The number of rotatable bonds is 4. The molecule has 1 N–H and O–H groups in total.